The smallest absolute Gasteiger partial charge is 0.221 e. The minimum atomic E-state index is -0.522. The Labute approximate surface area is 164 Å². The third-order valence-electron chi connectivity index (χ3n) is 4.37. The maximum absolute atomic E-state index is 5.88. The van der Waals surface area contributed by atoms with Gasteiger partial charge < -0.3 is 19.9 Å². The molecular weight excluding hydrogens is 390 g/mol. The molecule has 2 aromatic rings. The molecule has 0 amide bonds. The summed E-state index contributed by atoms with van der Waals surface area (Å²) in [7, 11) is 1.59. The van der Waals surface area contributed by atoms with Crippen molar-refractivity contribution in [3.05, 3.63) is 29.0 Å². The number of ether oxygens (including phenoxy) is 3. The molecule has 3 N–H and O–H groups in total. The average molecular weight is 407 g/mol. The maximum atomic E-state index is 5.88. The van der Waals surface area contributed by atoms with Crippen molar-refractivity contribution in [2.45, 2.75) is 24.9 Å². The number of tetrazole rings is 1. The quantitative estimate of drug-likeness (QED) is 0.558. The molecule has 3 heterocycles. The number of hydrogen-bond acceptors (Lipinski definition) is 8. The van der Waals surface area contributed by atoms with E-state index in [0.29, 0.717) is 34.9 Å². The van der Waals surface area contributed by atoms with Gasteiger partial charge in [-0.25, -0.2) is 4.68 Å². The summed E-state index contributed by atoms with van der Waals surface area (Å²) >= 11 is 10.4. The van der Waals surface area contributed by atoms with E-state index in [0.717, 1.165) is 0 Å². The average Bonchev–Trinajstić information content (AvgIpc) is 3.26. The van der Waals surface area contributed by atoms with E-state index in [1.54, 1.807) is 16.5 Å². The summed E-state index contributed by atoms with van der Waals surface area (Å²) in [5, 5.41) is 12.7. The monoisotopic (exact) mass is 407 g/mol. The second kappa shape index (κ2) is 7.31. The van der Waals surface area contributed by atoms with Crippen molar-refractivity contribution in [3.63, 3.8) is 0 Å². The van der Waals surface area contributed by atoms with Gasteiger partial charge in [-0.1, -0.05) is 12.1 Å². The number of hydrazone groups is 1. The zero-order valence-corrected chi connectivity index (χ0v) is 15.9. The number of fused-ring (bicyclic) bond motifs is 2. The molecule has 4 rings (SSSR count). The van der Waals surface area contributed by atoms with E-state index in [9.17, 15) is 0 Å². The molecule has 0 unspecified atom stereocenters. The van der Waals surface area contributed by atoms with Gasteiger partial charge in [-0.05, 0) is 47.0 Å². The van der Waals surface area contributed by atoms with Gasteiger partial charge in [0.05, 0.1) is 25.5 Å². The van der Waals surface area contributed by atoms with Crippen molar-refractivity contribution in [1.82, 2.24) is 25.2 Å². The molecule has 3 atom stereocenters. The van der Waals surface area contributed by atoms with Crippen LogP contribution in [0.3, 0.4) is 0 Å². The number of thiocarbonyl (C=S) groups is 1. The van der Waals surface area contributed by atoms with E-state index in [-0.39, 0.29) is 17.3 Å². The lowest BCUT2D eigenvalue weighted by Gasteiger charge is -2.27. The second-order valence-electron chi connectivity index (χ2n) is 5.98. The fourth-order valence-corrected chi connectivity index (χ4v) is 3.48. The van der Waals surface area contributed by atoms with Gasteiger partial charge in [0.25, 0.3) is 0 Å². The minimum absolute atomic E-state index is 0.0675. The zero-order chi connectivity index (χ0) is 19.0. The van der Waals surface area contributed by atoms with Crippen molar-refractivity contribution >= 4 is 35.3 Å². The van der Waals surface area contributed by atoms with Crippen LogP contribution in [0.4, 0.5) is 0 Å². The van der Waals surface area contributed by atoms with Crippen LogP contribution in [0.5, 0.6) is 5.75 Å². The molecule has 10 nitrogen and oxygen atoms in total. The molecule has 12 heteroatoms. The van der Waals surface area contributed by atoms with E-state index in [1.165, 1.54) is 0 Å². The number of hydrogen-bond donors (Lipinski definition) is 2. The Bertz CT molecular complexity index is 957. The molecule has 1 aromatic heterocycles. The molecule has 2 fully saturated rings. The van der Waals surface area contributed by atoms with Gasteiger partial charge in [0.15, 0.2) is 11.4 Å². The molecule has 2 saturated heterocycles. The van der Waals surface area contributed by atoms with E-state index >= 15 is 0 Å². The Hall–Kier alpha value is -2.41. The Kier molecular flexibility index (Phi) is 4.86. The van der Waals surface area contributed by atoms with Gasteiger partial charge in [-0.2, -0.15) is 9.78 Å². The van der Waals surface area contributed by atoms with Gasteiger partial charge in [0.2, 0.25) is 4.77 Å². The molecule has 2 aliphatic heterocycles. The largest absolute Gasteiger partial charge is 0.494 e. The van der Waals surface area contributed by atoms with E-state index in [2.05, 4.69) is 21.0 Å². The summed E-state index contributed by atoms with van der Waals surface area (Å²) in [6.07, 6.45) is -0.205. The molecule has 1 aromatic carbocycles. The third-order valence-corrected chi connectivity index (χ3v) is 4.82. The normalized spacial score (nSPS) is 25.5. The van der Waals surface area contributed by atoms with Crippen LogP contribution in [-0.4, -0.2) is 56.7 Å². The lowest BCUT2D eigenvalue weighted by Crippen LogP contribution is -2.39. The first-order valence-corrected chi connectivity index (χ1v) is 8.97. The van der Waals surface area contributed by atoms with E-state index in [1.807, 2.05) is 24.3 Å². The van der Waals surface area contributed by atoms with Gasteiger partial charge in [0.1, 0.15) is 17.5 Å². The van der Waals surface area contributed by atoms with Gasteiger partial charge in [-0.15, -0.1) is 0 Å². The number of nitrogens with two attached hydrogens (primary N) is 1. The van der Waals surface area contributed by atoms with Crippen LogP contribution in [0.2, 0.25) is 0 Å². The van der Waals surface area contributed by atoms with E-state index in [4.69, 9.17) is 44.4 Å². The third kappa shape index (κ3) is 3.32. The van der Waals surface area contributed by atoms with Crippen LogP contribution in [-0.2, 0) is 9.47 Å². The zero-order valence-electron chi connectivity index (χ0n) is 14.3. The van der Waals surface area contributed by atoms with E-state index < -0.39 is 6.29 Å². The summed E-state index contributed by atoms with van der Waals surface area (Å²) in [5.41, 5.74) is 9.36. The van der Waals surface area contributed by atoms with Crippen LogP contribution in [0.1, 0.15) is 12.5 Å². The Morgan fingerprint density at radius 1 is 1.41 bits per heavy atom. The number of aromatic nitrogens is 4. The molecule has 0 spiro atoms. The minimum Gasteiger partial charge on any atom is -0.494 e. The molecule has 0 saturated carbocycles. The molecule has 2 aliphatic rings. The summed E-state index contributed by atoms with van der Waals surface area (Å²) in [6, 6.07) is 7.23. The molecule has 142 valence electrons. The summed E-state index contributed by atoms with van der Waals surface area (Å²) in [6.45, 7) is 0.407. The molecule has 2 bridgehead atoms. The predicted octanol–water partition coefficient (Wildman–Crippen LogP) is 0.682. The topological polar surface area (TPSA) is 114 Å². The van der Waals surface area contributed by atoms with Crippen LogP contribution in [0.15, 0.2) is 29.4 Å². The van der Waals surface area contributed by atoms with Crippen LogP contribution < -0.4 is 15.9 Å². The second-order valence-corrected chi connectivity index (χ2v) is 6.79. The fourth-order valence-electron chi connectivity index (χ4n) is 3.13. The number of benzene rings is 1. The number of rotatable bonds is 4. The summed E-state index contributed by atoms with van der Waals surface area (Å²) in [5.74, 6) is 0.646. The summed E-state index contributed by atoms with van der Waals surface area (Å²) in [4.78, 5) is 0. The SMILES string of the molecule is COc1ccccc1-n1nnn([C@@H]2C/C(=N/NC(N)=S)[C@H]3OC[C@@H]2O3)c1=S. The predicted molar refractivity (Wildman–Crippen MR) is 102 cm³/mol. The van der Waals surface area contributed by atoms with Crippen LogP contribution in [0, 0.1) is 4.77 Å². The van der Waals surface area contributed by atoms with Crippen molar-refractivity contribution in [1.29, 1.82) is 0 Å². The highest BCUT2D eigenvalue weighted by Crippen LogP contribution is 2.33. The summed E-state index contributed by atoms with van der Waals surface area (Å²) < 4.78 is 20.5. The number of para-hydroxylation sites is 2. The Morgan fingerprint density at radius 2 is 2.22 bits per heavy atom. The maximum Gasteiger partial charge on any atom is 0.221 e. The first kappa shape index (κ1) is 18.0. The fraction of sp³-hybridized carbons (Fsp3) is 0.400. The molecule has 27 heavy (non-hydrogen) atoms. The molecule has 0 radical (unpaired) electrons. The highest BCUT2D eigenvalue weighted by molar-refractivity contribution is 7.80. The molecular formula is C15H17N7O3S2. The van der Waals surface area contributed by atoms with Crippen molar-refractivity contribution in [2.75, 3.05) is 13.7 Å². The lowest BCUT2D eigenvalue weighted by atomic mass is 10.0. The highest BCUT2D eigenvalue weighted by atomic mass is 32.1. The first-order valence-electron chi connectivity index (χ1n) is 8.15. The Morgan fingerprint density at radius 3 is 3.00 bits per heavy atom. The number of nitrogens with one attached hydrogen (secondary N) is 1. The lowest BCUT2D eigenvalue weighted by molar-refractivity contribution is -0.0324. The van der Waals surface area contributed by atoms with Crippen molar-refractivity contribution < 1.29 is 14.2 Å². The number of methoxy groups -OCH3 is 1. The van der Waals surface area contributed by atoms with Crippen LogP contribution >= 0.6 is 24.4 Å². The Balaban J connectivity index is 1.68. The van der Waals surface area contributed by atoms with Crippen LogP contribution in [0.25, 0.3) is 5.69 Å². The van der Waals surface area contributed by atoms with Crippen molar-refractivity contribution in [2.24, 2.45) is 10.8 Å². The van der Waals surface area contributed by atoms with Gasteiger partial charge in [-0.3, -0.25) is 5.43 Å². The van der Waals surface area contributed by atoms with Crippen molar-refractivity contribution in [3.8, 4) is 11.4 Å². The highest BCUT2D eigenvalue weighted by Gasteiger charge is 2.44. The first-order chi connectivity index (χ1) is 13.1. The number of nitrogens with zero attached hydrogens (tertiary/aromatic N) is 5. The molecule has 0 aliphatic carbocycles. The van der Waals surface area contributed by atoms with Gasteiger partial charge in [0, 0.05) is 6.42 Å². The van der Waals surface area contributed by atoms with Gasteiger partial charge >= 0.3 is 0 Å². The standard InChI is InChI=1S/C15H17N7O3S2/c1-23-11-5-3-2-4-9(11)21-15(27)22(20-19-21)10-6-8(17-18-14(16)26)13-24-7-12(10)25-13/h2-5,10,12-13H,6-7H2,1H3,(H3,16,18,26)/b17-8-/t10-,12+,13+/m1/s1.